The molecule has 1 saturated carbocycles. The van der Waals surface area contributed by atoms with Crippen LogP contribution in [0.25, 0.3) is 0 Å². The molecule has 0 spiro atoms. The van der Waals surface area contributed by atoms with E-state index in [2.05, 4.69) is 20.6 Å². The number of nitrogens with one attached hydrogen (secondary N) is 2. The number of ether oxygens (including phenoxy) is 3. The summed E-state index contributed by atoms with van der Waals surface area (Å²) in [4.78, 5) is 9.02. The lowest BCUT2D eigenvalue weighted by Gasteiger charge is -2.27. The van der Waals surface area contributed by atoms with Gasteiger partial charge in [0.15, 0.2) is 17.5 Å². The first-order chi connectivity index (χ1) is 14.3. The normalized spacial score (nSPS) is 18.2. The zero-order chi connectivity index (χ0) is 19.9. The van der Waals surface area contributed by atoms with Crippen LogP contribution in [0.15, 0.2) is 47.6 Å². The molecule has 2 heterocycles. The zero-order valence-electron chi connectivity index (χ0n) is 16.8. The fourth-order valence-electron chi connectivity index (χ4n) is 2.96. The highest BCUT2D eigenvalue weighted by atomic mass is 16.6. The van der Waals surface area contributed by atoms with E-state index in [0.717, 1.165) is 42.1 Å². The van der Waals surface area contributed by atoms with Crippen LogP contribution >= 0.6 is 0 Å². The largest absolute Gasteiger partial charge is 0.486 e. The molecule has 7 nitrogen and oxygen atoms in total. The molecule has 4 rings (SSSR count). The van der Waals surface area contributed by atoms with Crippen LogP contribution in [0.5, 0.6) is 17.4 Å². The molecule has 1 aromatic heterocycles. The van der Waals surface area contributed by atoms with E-state index in [1.54, 1.807) is 0 Å². The minimum Gasteiger partial charge on any atom is -0.486 e. The Morgan fingerprint density at radius 1 is 1.17 bits per heavy atom. The van der Waals surface area contributed by atoms with E-state index in [1.807, 2.05) is 49.5 Å². The molecule has 2 aromatic rings. The van der Waals surface area contributed by atoms with Gasteiger partial charge in [0.25, 0.3) is 0 Å². The van der Waals surface area contributed by atoms with Crippen molar-refractivity contribution in [3.8, 4) is 17.4 Å². The fraction of sp³-hybridized carbons (Fsp3) is 0.455. The maximum Gasteiger partial charge on any atom is 0.213 e. The quantitative estimate of drug-likeness (QED) is 0.528. The molecule has 0 radical (unpaired) electrons. The van der Waals surface area contributed by atoms with Gasteiger partial charge in [-0.15, -0.1) is 0 Å². The van der Waals surface area contributed by atoms with Crippen molar-refractivity contribution in [3.63, 3.8) is 0 Å². The average molecular weight is 396 g/mol. The Hall–Kier alpha value is -2.96. The summed E-state index contributed by atoms with van der Waals surface area (Å²) in [6, 6.07) is 11.7. The smallest absolute Gasteiger partial charge is 0.213 e. The van der Waals surface area contributed by atoms with Crippen LogP contribution in [0.4, 0.5) is 0 Å². The molecule has 1 aromatic carbocycles. The van der Waals surface area contributed by atoms with Gasteiger partial charge in [-0.3, -0.25) is 0 Å². The third-order valence-corrected chi connectivity index (χ3v) is 4.79. The molecule has 29 heavy (non-hydrogen) atoms. The van der Waals surface area contributed by atoms with E-state index in [4.69, 9.17) is 14.2 Å². The number of rotatable bonds is 8. The molecule has 0 amide bonds. The van der Waals surface area contributed by atoms with E-state index in [9.17, 15) is 0 Å². The number of benzene rings is 1. The molecule has 1 fully saturated rings. The Kier molecular flexibility index (Phi) is 6.34. The number of hydrogen-bond acceptors (Lipinski definition) is 5. The number of hydrogen-bond donors (Lipinski definition) is 2. The second-order valence-corrected chi connectivity index (χ2v) is 7.33. The van der Waals surface area contributed by atoms with E-state index in [0.29, 0.717) is 25.6 Å². The van der Waals surface area contributed by atoms with Crippen molar-refractivity contribution in [1.82, 2.24) is 15.6 Å². The number of guanidine groups is 1. The minimum absolute atomic E-state index is 0.0710. The van der Waals surface area contributed by atoms with Gasteiger partial charge in [0.2, 0.25) is 5.88 Å². The van der Waals surface area contributed by atoms with Gasteiger partial charge < -0.3 is 24.8 Å². The highest BCUT2D eigenvalue weighted by Gasteiger charge is 2.22. The fourth-order valence-corrected chi connectivity index (χ4v) is 2.96. The van der Waals surface area contributed by atoms with Crippen molar-refractivity contribution < 1.29 is 14.2 Å². The first-order valence-electron chi connectivity index (χ1n) is 10.3. The summed E-state index contributed by atoms with van der Waals surface area (Å²) >= 11 is 0. The molecular formula is C22H28N4O3. The molecule has 0 bridgehead atoms. The zero-order valence-corrected chi connectivity index (χ0v) is 16.8. The van der Waals surface area contributed by atoms with Crippen molar-refractivity contribution in [1.29, 1.82) is 0 Å². The third kappa shape index (κ3) is 5.76. The Balaban J connectivity index is 1.27. The van der Waals surface area contributed by atoms with Crippen molar-refractivity contribution in [2.24, 2.45) is 10.9 Å². The first-order valence-corrected chi connectivity index (χ1v) is 10.3. The molecule has 154 valence electrons. The molecule has 1 atom stereocenters. The standard InChI is InChI=1S/C22H28N4O3/c1-2-23-22(26-13-18-15-27-19-5-3-4-6-20(19)29-18)25-12-17-9-10-21(24-11-17)28-14-16-7-8-16/h3-6,9-11,16,18H,2,7-8,12-15H2,1H3,(H2,23,25,26). The summed E-state index contributed by atoms with van der Waals surface area (Å²) in [6.07, 6.45) is 4.30. The second-order valence-electron chi connectivity index (χ2n) is 7.33. The maximum atomic E-state index is 5.99. The summed E-state index contributed by atoms with van der Waals surface area (Å²) in [5.41, 5.74) is 1.03. The lowest BCUT2D eigenvalue weighted by Crippen LogP contribution is -2.45. The maximum absolute atomic E-state index is 5.99. The SMILES string of the molecule is CCNC(=NCc1ccc(OCC2CC2)nc1)NCC1COc2ccccc2O1. The van der Waals surface area contributed by atoms with E-state index in [1.165, 1.54) is 12.8 Å². The molecule has 1 aliphatic heterocycles. The van der Waals surface area contributed by atoms with Gasteiger partial charge in [-0.25, -0.2) is 9.98 Å². The van der Waals surface area contributed by atoms with Gasteiger partial charge in [0, 0.05) is 18.8 Å². The van der Waals surface area contributed by atoms with Crippen LogP contribution in [0.2, 0.25) is 0 Å². The number of pyridine rings is 1. The van der Waals surface area contributed by atoms with Crippen molar-refractivity contribution in [2.45, 2.75) is 32.4 Å². The van der Waals surface area contributed by atoms with Gasteiger partial charge in [-0.2, -0.15) is 0 Å². The highest BCUT2D eigenvalue weighted by molar-refractivity contribution is 5.79. The van der Waals surface area contributed by atoms with Crippen molar-refractivity contribution in [2.75, 3.05) is 26.3 Å². The lowest BCUT2D eigenvalue weighted by atomic mass is 10.2. The molecule has 2 aliphatic rings. The van der Waals surface area contributed by atoms with Gasteiger partial charge in [0.1, 0.15) is 12.7 Å². The van der Waals surface area contributed by atoms with Crippen LogP contribution in [0.3, 0.4) is 0 Å². The van der Waals surface area contributed by atoms with Crippen molar-refractivity contribution in [3.05, 3.63) is 48.2 Å². The van der Waals surface area contributed by atoms with Crippen LogP contribution in [-0.4, -0.2) is 43.4 Å². The second kappa shape index (κ2) is 9.49. The monoisotopic (exact) mass is 396 g/mol. The number of aromatic nitrogens is 1. The average Bonchev–Trinajstić information content (AvgIpc) is 3.59. The number of fused-ring (bicyclic) bond motifs is 1. The van der Waals surface area contributed by atoms with Crippen LogP contribution in [-0.2, 0) is 6.54 Å². The van der Waals surface area contributed by atoms with E-state index < -0.39 is 0 Å². The Bertz CT molecular complexity index is 821. The highest BCUT2D eigenvalue weighted by Crippen LogP contribution is 2.30. The summed E-state index contributed by atoms with van der Waals surface area (Å²) in [7, 11) is 0. The molecule has 0 saturated heterocycles. The Morgan fingerprint density at radius 3 is 2.79 bits per heavy atom. The van der Waals surface area contributed by atoms with Crippen molar-refractivity contribution >= 4 is 5.96 Å². The Labute approximate surface area is 171 Å². The van der Waals surface area contributed by atoms with Gasteiger partial charge >= 0.3 is 0 Å². The van der Waals surface area contributed by atoms with Crippen LogP contribution in [0.1, 0.15) is 25.3 Å². The third-order valence-electron chi connectivity index (χ3n) is 4.79. The Morgan fingerprint density at radius 2 is 2.03 bits per heavy atom. The topological polar surface area (TPSA) is 77.0 Å². The summed E-state index contributed by atoms with van der Waals surface area (Å²) in [6.45, 7) is 5.25. The minimum atomic E-state index is -0.0710. The van der Waals surface area contributed by atoms with E-state index in [-0.39, 0.29) is 6.10 Å². The summed E-state index contributed by atoms with van der Waals surface area (Å²) in [5.74, 6) is 3.72. The van der Waals surface area contributed by atoms with Gasteiger partial charge in [-0.05, 0) is 43.4 Å². The predicted molar refractivity (Wildman–Crippen MR) is 112 cm³/mol. The molecule has 2 N–H and O–H groups in total. The molecule has 7 heteroatoms. The number of para-hydroxylation sites is 2. The lowest BCUT2D eigenvalue weighted by molar-refractivity contribution is 0.0936. The molecular weight excluding hydrogens is 368 g/mol. The first kappa shape index (κ1) is 19.4. The molecule has 1 aliphatic carbocycles. The number of nitrogens with zero attached hydrogens (tertiary/aromatic N) is 2. The number of aliphatic imine (C=N–C) groups is 1. The van der Waals surface area contributed by atoms with E-state index >= 15 is 0 Å². The predicted octanol–water partition coefficient (Wildman–Crippen LogP) is 2.77. The van der Waals surface area contributed by atoms with Crippen LogP contribution in [0, 0.1) is 5.92 Å². The van der Waals surface area contributed by atoms with Gasteiger partial charge in [0.05, 0.1) is 19.7 Å². The summed E-state index contributed by atoms with van der Waals surface area (Å²) < 4.78 is 17.4. The molecule has 1 unspecified atom stereocenters. The summed E-state index contributed by atoms with van der Waals surface area (Å²) in [5, 5.41) is 6.59. The van der Waals surface area contributed by atoms with Gasteiger partial charge in [-0.1, -0.05) is 18.2 Å². The van der Waals surface area contributed by atoms with Crippen LogP contribution < -0.4 is 24.8 Å².